The summed E-state index contributed by atoms with van der Waals surface area (Å²) in [6.45, 7) is 1.94. The SMILES string of the molecule is C/C(=N/[N+](C)(C)C)NC(=S)NC1CCCCC1. The van der Waals surface area contributed by atoms with Gasteiger partial charge in [0, 0.05) is 6.04 Å². The molecule has 0 spiro atoms. The summed E-state index contributed by atoms with van der Waals surface area (Å²) < 4.78 is 0.547. The predicted octanol–water partition coefficient (Wildman–Crippen LogP) is 1.82. The Morgan fingerprint density at radius 3 is 2.29 bits per heavy atom. The lowest BCUT2D eigenvalue weighted by Gasteiger charge is -2.24. The minimum Gasteiger partial charge on any atom is -0.360 e. The number of amidine groups is 1. The van der Waals surface area contributed by atoms with Crippen molar-refractivity contribution in [2.75, 3.05) is 21.1 Å². The molecule has 0 aliphatic heterocycles. The number of rotatable bonds is 2. The highest BCUT2D eigenvalue weighted by molar-refractivity contribution is 7.80. The fraction of sp³-hybridized carbons (Fsp3) is 0.833. The van der Waals surface area contributed by atoms with Crippen LogP contribution in [0.15, 0.2) is 5.10 Å². The minimum absolute atomic E-state index is 0.542. The molecule has 1 aliphatic carbocycles. The molecule has 0 saturated heterocycles. The lowest BCUT2D eigenvalue weighted by molar-refractivity contribution is -0.877. The summed E-state index contributed by atoms with van der Waals surface area (Å²) in [5, 5.41) is 11.7. The van der Waals surface area contributed by atoms with E-state index in [1.54, 1.807) is 0 Å². The van der Waals surface area contributed by atoms with Gasteiger partial charge in [0.25, 0.3) is 0 Å². The maximum atomic E-state index is 5.29. The first kappa shape index (κ1) is 14.4. The number of quaternary nitrogens is 1. The van der Waals surface area contributed by atoms with Crippen molar-refractivity contribution in [3.8, 4) is 0 Å². The van der Waals surface area contributed by atoms with Gasteiger partial charge in [-0.15, -0.1) is 0 Å². The van der Waals surface area contributed by atoms with E-state index in [2.05, 4.69) is 15.7 Å². The van der Waals surface area contributed by atoms with Crippen LogP contribution < -0.4 is 10.6 Å². The van der Waals surface area contributed by atoms with Gasteiger partial charge in [-0.25, -0.2) is 4.59 Å². The molecule has 0 heterocycles. The largest absolute Gasteiger partial charge is 0.360 e. The van der Waals surface area contributed by atoms with Crippen molar-refractivity contribution in [2.24, 2.45) is 5.10 Å². The second kappa shape index (κ2) is 6.31. The van der Waals surface area contributed by atoms with Crippen molar-refractivity contribution >= 4 is 23.2 Å². The normalized spacial score (nSPS) is 18.9. The molecule has 2 N–H and O–H groups in total. The molecular formula is C12H25N4S+. The third-order valence-corrected chi connectivity index (χ3v) is 2.90. The Morgan fingerprint density at radius 2 is 1.76 bits per heavy atom. The molecule has 0 aromatic heterocycles. The van der Waals surface area contributed by atoms with Gasteiger partial charge in [0.05, 0.1) is 21.1 Å². The molecular weight excluding hydrogens is 232 g/mol. The van der Waals surface area contributed by atoms with Crippen molar-refractivity contribution in [1.82, 2.24) is 10.6 Å². The number of hydrogen-bond acceptors (Lipinski definition) is 2. The standard InChI is InChI=1S/C12H24N4S/c1-10(15-16(2,3)4)13-12(17)14-11-8-6-5-7-9-11/h11H,5-9H2,1-4H3,(H-,13,14,15,17)/p+1. The molecule has 0 aromatic carbocycles. The van der Waals surface area contributed by atoms with E-state index in [0.29, 0.717) is 15.7 Å². The first-order valence-corrected chi connectivity index (χ1v) is 6.73. The van der Waals surface area contributed by atoms with Crippen LogP contribution in [0.25, 0.3) is 0 Å². The average molecular weight is 257 g/mol. The molecule has 98 valence electrons. The van der Waals surface area contributed by atoms with Gasteiger partial charge >= 0.3 is 0 Å². The fourth-order valence-corrected chi connectivity index (χ4v) is 2.42. The Labute approximate surface area is 110 Å². The Bertz CT molecular complexity index is 287. The summed E-state index contributed by atoms with van der Waals surface area (Å²) in [7, 11) is 6.05. The van der Waals surface area contributed by atoms with E-state index >= 15 is 0 Å². The molecule has 0 amide bonds. The molecule has 0 unspecified atom stereocenters. The molecule has 1 aliphatic rings. The van der Waals surface area contributed by atoms with E-state index in [1.807, 2.05) is 28.1 Å². The number of hydrogen-bond donors (Lipinski definition) is 2. The van der Waals surface area contributed by atoms with Gasteiger partial charge in [-0.05, 0) is 32.0 Å². The number of nitrogens with one attached hydrogen (secondary N) is 2. The molecule has 4 nitrogen and oxygen atoms in total. The first-order chi connectivity index (χ1) is 7.87. The first-order valence-electron chi connectivity index (χ1n) is 6.32. The second-order valence-electron chi connectivity index (χ2n) is 5.56. The fourth-order valence-electron chi connectivity index (χ4n) is 2.11. The third-order valence-electron chi connectivity index (χ3n) is 2.68. The van der Waals surface area contributed by atoms with Crippen molar-refractivity contribution in [2.45, 2.75) is 45.1 Å². The average Bonchev–Trinajstić information content (AvgIpc) is 2.15. The highest BCUT2D eigenvalue weighted by atomic mass is 32.1. The molecule has 0 aromatic rings. The maximum Gasteiger partial charge on any atom is 0.172 e. The third kappa shape index (κ3) is 6.58. The molecule has 1 saturated carbocycles. The predicted molar refractivity (Wildman–Crippen MR) is 76.9 cm³/mol. The Morgan fingerprint density at radius 1 is 1.18 bits per heavy atom. The summed E-state index contributed by atoms with van der Waals surface area (Å²) >= 11 is 5.29. The molecule has 5 heteroatoms. The molecule has 0 bridgehead atoms. The lowest BCUT2D eigenvalue weighted by Crippen LogP contribution is -2.45. The van der Waals surface area contributed by atoms with E-state index in [1.165, 1.54) is 32.1 Å². The van der Waals surface area contributed by atoms with Crippen LogP contribution in [0, 0.1) is 0 Å². The van der Waals surface area contributed by atoms with Gasteiger partial charge in [-0.1, -0.05) is 24.4 Å². The summed E-state index contributed by atoms with van der Waals surface area (Å²) in [5.41, 5.74) is 0. The van der Waals surface area contributed by atoms with E-state index in [9.17, 15) is 0 Å². The van der Waals surface area contributed by atoms with Gasteiger partial charge in [-0.2, -0.15) is 0 Å². The smallest absolute Gasteiger partial charge is 0.172 e. The summed E-state index contributed by atoms with van der Waals surface area (Å²) in [5.74, 6) is 0.853. The van der Waals surface area contributed by atoms with Crippen molar-refractivity contribution in [3.05, 3.63) is 0 Å². The highest BCUT2D eigenvalue weighted by Crippen LogP contribution is 2.17. The second-order valence-corrected chi connectivity index (χ2v) is 5.97. The van der Waals surface area contributed by atoms with Crippen LogP contribution in [0.5, 0.6) is 0 Å². The summed E-state index contributed by atoms with van der Waals surface area (Å²) in [4.78, 5) is 0. The van der Waals surface area contributed by atoms with E-state index in [4.69, 9.17) is 12.2 Å². The quantitative estimate of drug-likeness (QED) is 0.260. The topological polar surface area (TPSA) is 36.4 Å². The van der Waals surface area contributed by atoms with Crippen LogP contribution in [0.1, 0.15) is 39.0 Å². The zero-order valence-corrected chi connectivity index (χ0v) is 12.2. The van der Waals surface area contributed by atoms with Gasteiger partial charge in [-0.3, -0.25) is 0 Å². The van der Waals surface area contributed by atoms with Crippen LogP contribution in [-0.4, -0.2) is 42.7 Å². The molecule has 1 fully saturated rings. The van der Waals surface area contributed by atoms with Gasteiger partial charge in [0.1, 0.15) is 0 Å². The van der Waals surface area contributed by atoms with Crippen molar-refractivity contribution in [1.29, 1.82) is 0 Å². The van der Waals surface area contributed by atoms with Gasteiger partial charge < -0.3 is 10.6 Å². The highest BCUT2D eigenvalue weighted by Gasteiger charge is 2.14. The zero-order valence-electron chi connectivity index (χ0n) is 11.4. The van der Waals surface area contributed by atoms with Crippen molar-refractivity contribution in [3.63, 3.8) is 0 Å². The van der Waals surface area contributed by atoms with Crippen molar-refractivity contribution < 1.29 is 4.59 Å². The van der Waals surface area contributed by atoms with E-state index in [-0.39, 0.29) is 0 Å². The number of thiocarbonyl (C=S) groups is 1. The summed E-state index contributed by atoms with van der Waals surface area (Å²) in [6.07, 6.45) is 6.44. The van der Waals surface area contributed by atoms with E-state index < -0.39 is 0 Å². The Balaban J connectivity index is 2.36. The minimum atomic E-state index is 0.542. The lowest BCUT2D eigenvalue weighted by atomic mass is 9.96. The monoisotopic (exact) mass is 257 g/mol. The summed E-state index contributed by atoms with van der Waals surface area (Å²) in [6, 6.07) is 0.542. The number of nitrogens with zero attached hydrogens (tertiary/aromatic N) is 2. The zero-order chi connectivity index (χ0) is 12.9. The molecule has 1 rings (SSSR count). The van der Waals surface area contributed by atoms with Gasteiger partial charge in [0.2, 0.25) is 0 Å². The molecule has 0 atom stereocenters. The molecule has 0 radical (unpaired) electrons. The van der Waals surface area contributed by atoms with Crippen LogP contribution in [0.2, 0.25) is 0 Å². The Kier molecular flexibility index (Phi) is 5.33. The van der Waals surface area contributed by atoms with E-state index in [0.717, 1.165) is 5.84 Å². The van der Waals surface area contributed by atoms with Crippen LogP contribution in [-0.2, 0) is 0 Å². The van der Waals surface area contributed by atoms with Crippen LogP contribution in [0.3, 0.4) is 0 Å². The maximum absolute atomic E-state index is 5.29. The van der Waals surface area contributed by atoms with Crippen LogP contribution in [0.4, 0.5) is 0 Å². The Hall–Kier alpha value is -0.680. The van der Waals surface area contributed by atoms with Gasteiger partial charge in [0.15, 0.2) is 10.9 Å². The molecule has 17 heavy (non-hydrogen) atoms. The van der Waals surface area contributed by atoms with Crippen LogP contribution >= 0.6 is 12.2 Å².